The number of rotatable bonds is 6. The molecule has 1 aromatic carbocycles. The van der Waals surface area contributed by atoms with E-state index in [1.807, 2.05) is 25.8 Å². The number of halogens is 1. The van der Waals surface area contributed by atoms with E-state index in [9.17, 15) is 14.0 Å². The predicted molar refractivity (Wildman–Crippen MR) is 90.3 cm³/mol. The van der Waals surface area contributed by atoms with Crippen molar-refractivity contribution in [2.45, 2.75) is 26.3 Å². The smallest absolute Gasteiger partial charge is 0.319 e. The zero-order valence-corrected chi connectivity index (χ0v) is 14.3. The molecule has 23 heavy (non-hydrogen) atoms. The van der Waals surface area contributed by atoms with E-state index in [0.29, 0.717) is 11.4 Å². The van der Waals surface area contributed by atoms with Crippen molar-refractivity contribution in [3.63, 3.8) is 0 Å². The first kappa shape index (κ1) is 18.7. The lowest BCUT2D eigenvalue weighted by Gasteiger charge is -2.24. The molecule has 0 heterocycles. The van der Waals surface area contributed by atoms with Gasteiger partial charge in [0, 0.05) is 45.8 Å². The minimum absolute atomic E-state index is 0.0718. The number of anilines is 2. The van der Waals surface area contributed by atoms with E-state index in [-0.39, 0.29) is 24.9 Å². The molecule has 0 saturated heterocycles. The summed E-state index contributed by atoms with van der Waals surface area (Å²) in [6.07, 6.45) is 0.215. The number of carbonyl (C=O) groups is 2. The van der Waals surface area contributed by atoms with Gasteiger partial charge in [-0.3, -0.25) is 4.79 Å². The summed E-state index contributed by atoms with van der Waals surface area (Å²) >= 11 is 0. The van der Waals surface area contributed by atoms with Crippen LogP contribution in [0.3, 0.4) is 0 Å². The molecule has 6 nitrogen and oxygen atoms in total. The molecule has 0 aliphatic heterocycles. The number of nitrogens with one attached hydrogen (secondary N) is 2. The van der Waals surface area contributed by atoms with Gasteiger partial charge in [-0.1, -0.05) is 0 Å². The van der Waals surface area contributed by atoms with Crippen molar-refractivity contribution < 1.29 is 14.0 Å². The summed E-state index contributed by atoms with van der Waals surface area (Å²) in [7, 11) is 5.12. The third-order valence-corrected chi connectivity index (χ3v) is 3.48. The van der Waals surface area contributed by atoms with Crippen molar-refractivity contribution >= 4 is 23.3 Å². The summed E-state index contributed by atoms with van der Waals surface area (Å²) < 4.78 is 14.1. The fourth-order valence-corrected chi connectivity index (χ4v) is 1.83. The maximum atomic E-state index is 14.1. The molecule has 3 amide bonds. The second-order valence-corrected chi connectivity index (χ2v) is 5.79. The average Bonchev–Trinajstić information content (AvgIpc) is 2.46. The van der Waals surface area contributed by atoms with Crippen LogP contribution in [-0.4, -0.2) is 50.6 Å². The quantitative estimate of drug-likeness (QED) is 0.844. The van der Waals surface area contributed by atoms with Crippen LogP contribution in [-0.2, 0) is 4.79 Å². The maximum Gasteiger partial charge on any atom is 0.319 e. The second kappa shape index (κ2) is 8.36. The summed E-state index contributed by atoms with van der Waals surface area (Å²) in [5.74, 6) is -0.473. The van der Waals surface area contributed by atoms with Gasteiger partial charge in [0.05, 0.1) is 5.69 Å². The molecular weight excluding hydrogens is 299 g/mol. The Morgan fingerprint density at radius 1 is 1.22 bits per heavy atom. The molecule has 0 aliphatic carbocycles. The molecule has 2 N–H and O–H groups in total. The van der Waals surface area contributed by atoms with Crippen molar-refractivity contribution in [2.75, 3.05) is 37.9 Å². The van der Waals surface area contributed by atoms with Crippen molar-refractivity contribution in [1.82, 2.24) is 10.2 Å². The lowest BCUT2D eigenvalue weighted by atomic mass is 10.2. The van der Waals surface area contributed by atoms with Gasteiger partial charge in [0.2, 0.25) is 5.91 Å². The van der Waals surface area contributed by atoms with Crippen LogP contribution in [0.25, 0.3) is 0 Å². The van der Waals surface area contributed by atoms with Crippen molar-refractivity contribution in [3.05, 3.63) is 24.0 Å². The van der Waals surface area contributed by atoms with Crippen LogP contribution in [0.15, 0.2) is 18.2 Å². The molecule has 0 aromatic heterocycles. The van der Waals surface area contributed by atoms with Gasteiger partial charge in [-0.15, -0.1) is 0 Å². The van der Waals surface area contributed by atoms with Crippen LogP contribution in [0.4, 0.5) is 20.6 Å². The Hall–Kier alpha value is -2.31. The molecule has 128 valence electrons. The highest BCUT2D eigenvalue weighted by Crippen LogP contribution is 2.23. The Bertz CT molecular complexity index is 561. The Balaban J connectivity index is 2.56. The van der Waals surface area contributed by atoms with Gasteiger partial charge in [-0.2, -0.15) is 0 Å². The largest absolute Gasteiger partial charge is 0.370 e. The molecular formula is C16H25FN4O2. The Morgan fingerprint density at radius 3 is 2.39 bits per heavy atom. The van der Waals surface area contributed by atoms with E-state index in [2.05, 4.69) is 10.6 Å². The molecule has 1 aromatic rings. The second-order valence-electron chi connectivity index (χ2n) is 5.79. The minimum Gasteiger partial charge on any atom is -0.370 e. The minimum atomic E-state index is -0.471. The molecule has 0 fully saturated rings. The molecule has 0 unspecified atom stereocenters. The summed E-state index contributed by atoms with van der Waals surface area (Å²) in [6, 6.07) is 4.24. The number of benzene rings is 1. The SMILES string of the molecule is CC(C)N(C)c1ccc(NC(=O)NCCC(=O)N(C)C)cc1F. The number of carbonyl (C=O) groups excluding carboxylic acids is 2. The Morgan fingerprint density at radius 2 is 1.87 bits per heavy atom. The zero-order valence-electron chi connectivity index (χ0n) is 14.3. The molecule has 0 atom stereocenters. The van der Waals surface area contributed by atoms with Crippen LogP contribution in [0, 0.1) is 5.82 Å². The normalized spacial score (nSPS) is 10.4. The van der Waals surface area contributed by atoms with Crippen LogP contribution in [0.1, 0.15) is 20.3 Å². The topological polar surface area (TPSA) is 64.7 Å². The van der Waals surface area contributed by atoms with Gasteiger partial charge >= 0.3 is 6.03 Å². The van der Waals surface area contributed by atoms with E-state index >= 15 is 0 Å². The molecule has 1 rings (SSSR count). The Labute approximate surface area is 136 Å². The average molecular weight is 324 g/mol. The monoisotopic (exact) mass is 324 g/mol. The Kier molecular flexibility index (Phi) is 6.81. The predicted octanol–water partition coefficient (Wildman–Crippen LogP) is 2.27. The van der Waals surface area contributed by atoms with Crippen LogP contribution < -0.4 is 15.5 Å². The summed E-state index contributed by atoms with van der Waals surface area (Å²) in [6.45, 7) is 4.15. The first-order valence-electron chi connectivity index (χ1n) is 7.49. The van der Waals surface area contributed by atoms with Crippen molar-refractivity contribution in [3.8, 4) is 0 Å². The first-order chi connectivity index (χ1) is 10.7. The highest BCUT2D eigenvalue weighted by molar-refractivity contribution is 5.89. The lowest BCUT2D eigenvalue weighted by molar-refractivity contribution is -0.128. The van der Waals surface area contributed by atoms with Gasteiger partial charge in [-0.25, -0.2) is 9.18 Å². The number of nitrogens with zero attached hydrogens (tertiary/aromatic N) is 2. The van der Waals surface area contributed by atoms with Gasteiger partial charge in [0.15, 0.2) is 0 Å². The van der Waals surface area contributed by atoms with Gasteiger partial charge in [0.1, 0.15) is 5.82 Å². The van der Waals surface area contributed by atoms with E-state index in [0.717, 1.165) is 0 Å². The highest BCUT2D eigenvalue weighted by atomic mass is 19.1. The van der Waals surface area contributed by atoms with Crippen LogP contribution >= 0.6 is 0 Å². The third kappa shape index (κ3) is 5.77. The van der Waals surface area contributed by atoms with E-state index in [1.54, 1.807) is 26.2 Å². The third-order valence-electron chi connectivity index (χ3n) is 3.48. The molecule has 0 radical (unpaired) electrons. The summed E-state index contributed by atoms with van der Waals surface area (Å²) in [5, 5.41) is 5.11. The number of urea groups is 1. The van der Waals surface area contributed by atoms with Crippen LogP contribution in [0.2, 0.25) is 0 Å². The van der Waals surface area contributed by atoms with Gasteiger partial charge in [-0.05, 0) is 32.0 Å². The standard InChI is InChI=1S/C16H25FN4O2/c1-11(2)21(5)14-7-6-12(10-13(14)17)19-16(23)18-9-8-15(22)20(3)4/h6-7,10-11H,8-9H2,1-5H3,(H2,18,19,23). The lowest BCUT2D eigenvalue weighted by Crippen LogP contribution is -2.33. The van der Waals surface area contributed by atoms with Crippen LogP contribution in [0.5, 0.6) is 0 Å². The first-order valence-corrected chi connectivity index (χ1v) is 7.49. The fourth-order valence-electron chi connectivity index (χ4n) is 1.83. The molecule has 7 heteroatoms. The van der Waals surface area contributed by atoms with Gasteiger partial charge in [0.25, 0.3) is 0 Å². The fraction of sp³-hybridized carbons (Fsp3) is 0.500. The van der Waals surface area contributed by atoms with Gasteiger partial charge < -0.3 is 20.4 Å². The summed E-state index contributed by atoms with van der Waals surface area (Å²) in [4.78, 5) is 26.4. The number of amides is 3. The maximum absolute atomic E-state index is 14.1. The molecule has 0 spiro atoms. The van der Waals surface area contributed by atoms with E-state index in [4.69, 9.17) is 0 Å². The van der Waals surface area contributed by atoms with E-state index in [1.165, 1.54) is 11.0 Å². The van der Waals surface area contributed by atoms with Crippen molar-refractivity contribution in [1.29, 1.82) is 0 Å². The van der Waals surface area contributed by atoms with Crippen molar-refractivity contribution in [2.24, 2.45) is 0 Å². The number of hydrogen-bond acceptors (Lipinski definition) is 3. The highest BCUT2D eigenvalue weighted by Gasteiger charge is 2.12. The zero-order chi connectivity index (χ0) is 17.6. The molecule has 0 saturated carbocycles. The van der Waals surface area contributed by atoms with E-state index < -0.39 is 11.8 Å². The molecule has 0 aliphatic rings. The summed E-state index contributed by atoms with van der Waals surface area (Å²) in [5.41, 5.74) is 0.836. The molecule has 0 bridgehead atoms. The number of hydrogen-bond donors (Lipinski definition) is 2.